The molecule has 2 atom stereocenters. The first-order chi connectivity index (χ1) is 21.4. The molecule has 0 bridgehead atoms. The predicted molar refractivity (Wildman–Crippen MR) is 167 cm³/mol. The van der Waals surface area contributed by atoms with Gasteiger partial charge in [0.25, 0.3) is 0 Å². The van der Waals surface area contributed by atoms with E-state index in [0.717, 1.165) is 54.8 Å². The Morgan fingerprint density at radius 1 is 1.04 bits per heavy atom. The largest absolute Gasteiger partial charge is 0.779 e. The number of rotatable bonds is 22. The number of amides is 3. The monoisotopic (exact) mass is 673 g/mol. The first-order valence-electron chi connectivity index (χ1n) is 15.2. The molecule has 2 unspecified atom stereocenters. The number of benzene rings is 1. The van der Waals surface area contributed by atoms with Crippen molar-refractivity contribution in [1.82, 2.24) is 10.2 Å². The number of nitrogens with zero attached hydrogens (tertiary/aromatic N) is 1. The minimum Gasteiger partial charge on any atom is -0.779 e. The highest BCUT2D eigenvalue weighted by atomic mass is 32.2. The van der Waals surface area contributed by atoms with Crippen molar-refractivity contribution in [2.45, 2.75) is 71.2 Å². The summed E-state index contributed by atoms with van der Waals surface area (Å²) in [5.74, 6) is 0.286. The summed E-state index contributed by atoms with van der Waals surface area (Å²) in [5, 5.41) is 2.20. The van der Waals surface area contributed by atoms with Gasteiger partial charge in [-0.1, -0.05) is 19.8 Å². The van der Waals surface area contributed by atoms with Crippen LogP contribution in [-0.4, -0.2) is 92.6 Å². The van der Waals surface area contributed by atoms with E-state index >= 15 is 0 Å². The second kappa shape index (κ2) is 20.6. The molecule has 1 fully saturated rings. The van der Waals surface area contributed by atoms with E-state index in [1.54, 1.807) is 26.0 Å². The lowest BCUT2D eigenvalue weighted by molar-refractivity contribution is -0.196. The molecule has 1 heterocycles. The lowest BCUT2D eigenvalue weighted by Gasteiger charge is -2.17. The Balaban J connectivity index is 1.57. The van der Waals surface area contributed by atoms with Crippen molar-refractivity contribution in [2.75, 3.05) is 58.5 Å². The Morgan fingerprint density at radius 2 is 1.76 bits per heavy atom. The number of ether oxygens (including phenoxy) is 4. The number of esters is 1. The van der Waals surface area contributed by atoms with Gasteiger partial charge >= 0.3 is 12.1 Å². The Bertz CT molecular complexity index is 1150. The molecule has 3 amide bonds. The third-order valence-corrected chi connectivity index (χ3v) is 8.48. The van der Waals surface area contributed by atoms with Crippen molar-refractivity contribution in [3.8, 4) is 5.75 Å². The molecule has 1 aliphatic rings. The van der Waals surface area contributed by atoms with Crippen molar-refractivity contribution in [1.29, 1.82) is 0 Å². The molecule has 0 radical (unpaired) electrons. The zero-order valence-electron chi connectivity index (χ0n) is 26.6. The van der Waals surface area contributed by atoms with Crippen LogP contribution in [0.2, 0.25) is 0 Å². The first kappa shape index (κ1) is 38.7. The van der Waals surface area contributed by atoms with E-state index in [-0.39, 0.29) is 64.4 Å². The Morgan fingerprint density at radius 3 is 2.44 bits per heavy atom. The Hall–Kier alpha value is -2.48. The highest BCUT2D eigenvalue weighted by molar-refractivity contribution is 8.00. The SMILES string of the molecule is CCCOCC(=O)Oc1c(C)cc(COC(=O)NCCOCCN2C(=O)CC(SCCCCCCOP(C)(=O)[O-])C2=O)cc1C. The van der Waals surface area contributed by atoms with Gasteiger partial charge in [0, 0.05) is 26.2 Å². The van der Waals surface area contributed by atoms with Gasteiger partial charge in [0.2, 0.25) is 11.8 Å². The molecule has 0 aliphatic carbocycles. The fourth-order valence-corrected chi connectivity index (χ4v) is 6.09. The van der Waals surface area contributed by atoms with Gasteiger partial charge in [0.15, 0.2) is 0 Å². The number of thioether (sulfide) groups is 1. The predicted octanol–water partition coefficient (Wildman–Crippen LogP) is 3.50. The fraction of sp³-hybridized carbons (Fsp3) is 0.667. The first-order valence-corrected chi connectivity index (χ1v) is 18.2. The third kappa shape index (κ3) is 15.6. The highest BCUT2D eigenvalue weighted by Gasteiger charge is 2.38. The van der Waals surface area contributed by atoms with Crippen LogP contribution in [-0.2, 0) is 44.3 Å². The second-order valence-corrected chi connectivity index (χ2v) is 13.8. The summed E-state index contributed by atoms with van der Waals surface area (Å²) in [6.07, 6.45) is 3.59. The molecular weight excluding hydrogens is 627 g/mol. The summed E-state index contributed by atoms with van der Waals surface area (Å²) < 4.78 is 37.1. The molecule has 0 spiro atoms. The zero-order chi connectivity index (χ0) is 33.2. The summed E-state index contributed by atoms with van der Waals surface area (Å²) >= 11 is 1.46. The van der Waals surface area contributed by atoms with Crippen LogP contribution >= 0.6 is 19.4 Å². The summed E-state index contributed by atoms with van der Waals surface area (Å²) in [5.41, 5.74) is 2.21. The highest BCUT2D eigenvalue weighted by Crippen LogP contribution is 2.31. The van der Waals surface area contributed by atoms with Gasteiger partial charge in [-0.25, -0.2) is 9.59 Å². The molecule has 254 valence electrons. The summed E-state index contributed by atoms with van der Waals surface area (Å²) in [4.78, 5) is 61.2. The molecule has 13 nitrogen and oxygen atoms in total. The Kier molecular flexibility index (Phi) is 17.7. The molecule has 1 aliphatic heterocycles. The molecule has 15 heteroatoms. The van der Waals surface area contributed by atoms with E-state index in [2.05, 4.69) is 5.32 Å². The maximum atomic E-state index is 12.6. The van der Waals surface area contributed by atoms with Crippen LogP contribution in [0, 0.1) is 13.8 Å². The summed E-state index contributed by atoms with van der Waals surface area (Å²) in [6, 6.07) is 3.57. The number of imide groups is 1. The van der Waals surface area contributed by atoms with Crippen molar-refractivity contribution in [3.63, 3.8) is 0 Å². The van der Waals surface area contributed by atoms with E-state index in [4.69, 9.17) is 23.5 Å². The fourth-order valence-electron chi connectivity index (χ4n) is 4.44. The number of alkyl carbamates (subject to hydrolysis) is 1. The van der Waals surface area contributed by atoms with E-state index in [0.29, 0.717) is 18.8 Å². The minimum atomic E-state index is -3.67. The zero-order valence-corrected chi connectivity index (χ0v) is 28.3. The maximum absolute atomic E-state index is 12.6. The molecule has 45 heavy (non-hydrogen) atoms. The number of aryl methyl sites for hydroxylation is 2. The van der Waals surface area contributed by atoms with E-state index in [1.807, 2.05) is 6.92 Å². The number of hydrogen-bond donors (Lipinski definition) is 1. The topological polar surface area (TPSA) is 170 Å². The minimum absolute atomic E-state index is 0.0289. The number of unbranched alkanes of at least 4 members (excludes halogenated alkanes) is 3. The summed E-state index contributed by atoms with van der Waals surface area (Å²) in [6.45, 7) is 7.87. The Labute approximate surface area is 269 Å². The number of carbonyl (C=O) groups is 4. The van der Waals surface area contributed by atoms with Crippen LogP contribution in [0.1, 0.15) is 62.1 Å². The van der Waals surface area contributed by atoms with Crippen LogP contribution in [0.4, 0.5) is 4.79 Å². The van der Waals surface area contributed by atoms with Gasteiger partial charge in [-0.05, 0) is 67.7 Å². The lowest BCUT2D eigenvalue weighted by Crippen LogP contribution is -2.35. The molecule has 0 saturated carbocycles. The van der Waals surface area contributed by atoms with E-state index in [1.165, 1.54) is 16.7 Å². The molecule has 0 aromatic heterocycles. The second-order valence-electron chi connectivity index (χ2n) is 10.7. The maximum Gasteiger partial charge on any atom is 0.407 e. The van der Waals surface area contributed by atoms with Crippen molar-refractivity contribution < 1.29 is 52.1 Å². The van der Waals surface area contributed by atoms with Gasteiger partial charge in [-0.2, -0.15) is 0 Å². The van der Waals surface area contributed by atoms with Crippen molar-refractivity contribution in [2.24, 2.45) is 0 Å². The van der Waals surface area contributed by atoms with Gasteiger partial charge in [-0.3, -0.25) is 14.5 Å². The lowest BCUT2D eigenvalue weighted by atomic mass is 10.1. The summed E-state index contributed by atoms with van der Waals surface area (Å²) in [7, 11) is -3.67. The van der Waals surface area contributed by atoms with Crippen molar-refractivity contribution in [3.05, 3.63) is 28.8 Å². The average Bonchev–Trinajstić information content (AvgIpc) is 3.24. The van der Waals surface area contributed by atoms with E-state index < -0.39 is 24.9 Å². The normalized spacial score (nSPS) is 16.1. The van der Waals surface area contributed by atoms with Gasteiger partial charge in [0.1, 0.15) is 26.6 Å². The third-order valence-electron chi connectivity index (χ3n) is 6.54. The van der Waals surface area contributed by atoms with Gasteiger partial charge in [-0.15, -0.1) is 11.8 Å². The van der Waals surface area contributed by atoms with Crippen LogP contribution in [0.5, 0.6) is 5.75 Å². The molecule has 1 aromatic carbocycles. The van der Waals surface area contributed by atoms with Crippen LogP contribution in [0.3, 0.4) is 0 Å². The molecule has 2 rings (SSSR count). The molecular formula is C30H46N2O11PS-. The number of carbonyl (C=O) groups excluding carboxylic acids is 4. The average molecular weight is 674 g/mol. The number of likely N-dealkylation sites (tertiary alicyclic amines) is 1. The van der Waals surface area contributed by atoms with Crippen LogP contribution in [0.25, 0.3) is 0 Å². The van der Waals surface area contributed by atoms with Gasteiger partial charge in [0.05, 0.1) is 31.6 Å². The molecule has 1 saturated heterocycles. The van der Waals surface area contributed by atoms with Crippen LogP contribution in [0.15, 0.2) is 12.1 Å². The smallest absolute Gasteiger partial charge is 0.407 e. The van der Waals surface area contributed by atoms with Crippen LogP contribution < -0.4 is 14.9 Å². The number of hydrogen-bond acceptors (Lipinski definition) is 12. The standard InChI is InChI=1S/C30H47N2O11PS/c1-5-12-40-21-27(34)43-28-22(2)17-24(18-23(28)3)20-41-30(36)31-10-14-39-15-11-32-26(33)19-25(29(32)35)45-16-9-7-6-8-13-42-44(4,37)38/h17-18,25H,5-16,19-21H2,1-4H3,(H,31,36)(H,37,38)/p-1. The van der Waals surface area contributed by atoms with Gasteiger partial charge < -0.3 is 38.2 Å². The quantitative estimate of drug-likeness (QED) is 0.0626. The van der Waals surface area contributed by atoms with E-state index in [9.17, 15) is 28.6 Å². The van der Waals surface area contributed by atoms with Crippen molar-refractivity contribution >= 4 is 43.2 Å². The number of nitrogens with one attached hydrogen (secondary N) is 1. The molecule has 1 N–H and O–H groups in total. The molecule has 1 aromatic rings.